The number of benzene rings is 2. The molecule has 5 rings (SSSR count). The lowest BCUT2D eigenvalue weighted by Crippen LogP contribution is -2.39. The summed E-state index contributed by atoms with van der Waals surface area (Å²) < 4.78 is 94.6. The standard InChI is InChI=1S/C30H25F7N4O2/c1-17-13-19(5-7-21(17)18-9-11-40(12-10-18)16-29(32,33)34)22-8-6-20(31)14-23(22)25-3-2-4-26(39-25)41-27(30(35,36)37)24(15-38-41)28(42)43/h2-8,13-15,18H,9-12,16H2,1H3,(H,42,43). The minimum absolute atomic E-state index is 0.0807. The smallest absolute Gasteiger partial charge is 0.434 e. The quantitative estimate of drug-likeness (QED) is 0.230. The molecule has 43 heavy (non-hydrogen) atoms. The number of aromatic carboxylic acids is 1. The first-order chi connectivity index (χ1) is 20.2. The van der Waals surface area contributed by atoms with Crippen molar-refractivity contribution < 1.29 is 40.6 Å². The molecule has 226 valence electrons. The van der Waals surface area contributed by atoms with Crippen molar-refractivity contribution in [1.82, 2.24) is 19.7 Å². The largest absolute Gasteiger partial charge is 0.478 e. The zero-order chi connectivity index (χ0) is 31.1. The third-order valence-corrected chi connectivity index (χ3v) is 7.49. The van der Waals surface area contributed by atoms with E-state index in [1.807, 2.05) is 25.1 Å². The lowest BCUT2D eigenvalue weighted by atomic mass is 9.85. The molecule has 0 bridgehead atoms. The van der Waals surface area contributed by atoms with E-state index < -0.39 is 41.9 Å². The number of pyridine rings is 1. The fraction of sp³-hybridized carbons (Fsp3) is 0.300. The summed E-state index contributed by atoms with van der Waals surface area (Å²) in [5, 5.41) is 12.8. The van der Waals surface area contributed by atoms with Gasteiger partial charge < -0.3 is 5.11 Å². The molecule has 1 saturated heterocycles. The van der Waals surface area contributed by atoms with Crippen molar-refractivity contribution >= 4 is 5.97 Å². The van der Waals surface area contributed by atoms with Crippen molar-refractivity contribution in [3.8, 4) is 28.2 Å². The van der Waals surface area contributed by atoms with E-state index in [1.54, 1.807) is 0 Å². The van der Waals surface area contributed by atoms with Crippen molar-refractivity contribution in [2.45, 2.75) is 38.0 Å². The summed E-state index contributed by atoms with van der Waals surface area (Å²) in [6.07, 6.45) is -7.54. The molecule has 0 unspecified atom stereocenters. The van der Waals surface area contributed by atoms with Gasteiger partial charge in [0, 0.05) is 5.56 Å². The number of carboxylic acid groups (broad SMARTS) is 1. The van der Waals surface area contributed by atoms with Gasteiger partial charge in [0.25, 0.3) is 0 Å². The zero-order valence-electron chi connectivity index (χ0n) is 22.7. The second kappa shape index (κ2) is 11.4. The fourth-order valence-electron chi connectivity index (χ4n) is 5.58. The molecule has 0 radical (unpaired) electrons. The van der Waals surface area contributed by atoms with E-state index in [0.717, 1.165) is 11.1 Å². The SMILES string of the molecule is Cc1cc(-c2ccc(F)cc2-c2cccc(-n3ncc(C(=O)O)c3C(F)(F)F)n2)ccc1C1CCN(CC(F)(F)F)CC1. The van der Waals surface area contributed by atoms with Crippen molar-refractivity contribution in [2.75, 3.05) is 19.6 Å². The average Bonchev–Trinajstić information content (AvgIpc) is 3.40. The molecule has 6 nitrogen and oxygen atoms in total. The Balaban J connectivity index is 1.48. The van der Waals surface area contributed by atoms with Crippen molar-refractivity contribution in [1.29, 1.82) is 0 Å². The second-order valence-electron chi connectivity index (χ2n) is 10.4. The second-order valence-corrected chi connectivity index (χ2v) is 10.4. The highest BCUT2D eigenvalue weighted by atomic mass is 19.4. The van der Waals surface area contributed by atoms with Crippen LogP contribution < -0.4 is 0 Å². The number of carbonyl (C=O) groups is 1. The molecule has 2 aromatic carbocycles. The number of carboxylic acids is 1. The first-order valence-electron chi connectivity index (χ1n) is 13.3. The van der Waals surface area contributed by atoms with Gasteiger partial charge >= 0.3 is 18.3 Å². The number of hydrogen-bond acceptors (Lipinski definition) is 4. The van der Waals surface area contributed by atoms with Gasteiger partial charge in [0.05, 0.1) is 18.4 Å². The molecule has 0 saturated carbocycles. The number of nitrogens with zero attached hydrogens (tertiary/aromatic N) is 4. The highest BCUT2D eigenvalue weighted by Crippen LogP contribution is 2.38. The first kappa shape index (κ1) is 30.2. The molecule has 4 aromatic rings. The molecular weight excluding hydrogens is 581 g/mol. The number of halogens is 7. The van der Waals surface area contributed by atoms with Gasteiger partial charge in [-0.05, 0) is 85.3 Å². The molecule has 13 heteroatoms. The number of alkyl halides is 6. The van der Waals surface area contributed by atoms with Gasteiger partial charge in [-0.2, -0.15) is 31.4 Å². The summed E-state index contributed by atoms with van der Waals surface area (Å²) >= 11 is 0. The van der Waals surface area contributed by atoms with E-state index in [2.05, 4.69) is 10.1 Å². The summed E-state index contributed by atoms with van der Waals surface area (Å²) in [4.78, 5) is 17.1. The minimum atomic E-state index is -5.04. The number of hydrogen-bond donors (Lipinski definition) is 1. The Morgan fingerprint density at radius 2 is 1.70 bits per heavy atom. The predicted octanol–water partition coefficient (Wildman–Crippen LogP) is 7.51. The Kier molecular flexibility index (Phi) is 8.03. The lowest BCUT2D eigenvalue weighted by Gasteiger charge is -2.33. The molecule has 0 spiro atoms. The van der Waals surface area contributed by atoms with Gasteiger partial charge in [-0.15, -0.1) is 0 Å². The molecule has 1 aliphatic rings. The number of rotatable bonds is 6. The van der Waals surface area contributed by atoms with Crippen LogP contribution in [0.1, 0.15) is 45.9 Å². The Bertz CT molecular complexity index is 1660. The summed E-state index contributed by atoms with van der Waals surface area (Å²) in [5.74, 6) is -2.63. The third kappa shape index (κ3) is 6.56. The van der Waals surface area contributed by atoms with Crippen LogP contribution in [0.2, 0.25) is 0 Å². The number of likely N-dealkylation sites (tertiary alicyclic amines) is 1. The topological polar surface area (TPSA) is 71.2 Å². The molecule has 2 aromatic heterocycles. The third-order valence-electron chi connectivity index (χ3n) is 7.49. The normalized spacial score (nSPS) is 15.2. The summed E-state index contributed by atoms with van der Waals surface area (Å²) in [6.45, 7) is 1.61. The van der Waals surface area contributed by atoms with Crippen LogP contribution in [-0.4, -0.2) is 56.6 Å². The Labute approximate surface area is 241 Å². The molecule has 3 heterocycles. The number of aryl methyl sites for hydroxylation is 1. The van der Waals surface area contributed by atoms with Crippen molar-refractivity contribution in [3.05, 3.63) is 89.0 Å². The van der Waals surface area contributed by atoms with E-state index >= 15 is 0 Å². The highest BCUT2D eigenvalue weighted by Gasteiger charge is 2.41. The number of piperidine rings is 1. The van der Waals surface area contributed by atoms with E-state index in [0.29, 0.717) is 47.9 Å². The molecule has 0 atom stereocenters. The summed E-state index contributed by atoms with van der Waals surface area (Å²) in [5.41, 5.74) is 1.01. The molecule has 1 aliphatic heterocycles. The Morgan fingerprint density at radius 1 is 0.977 bits per heavy atom. The number of aromatic nitrogens is 3. The van der Waals surface area contributed by atoms with Crippen LogP contribution in [0.15, 0.2) is 60.8 Å². The van der Waals surface area contributed by atoms with Crippen LogP contribution in [-0.2, 0) is 6.18 Å². The van der Waals surface area contributed by atoms with Gasteiger partial charge in [0.2, 0.25) is 0 Å². The van der Waals surface area contributed by atoms with E-state index in [-0.39, 0.29) is 23.0 Å². The molecule has 1 fully saturated rings. The summed E-state index contributed by atoms with van der Waals surface area (Å²) in [7, 11) is 0. The Hall–Kier alpha value is -4.26. The highest BCUT2D eigenvalue weighted by molar-refractivity contribution is 5.89. The van der Waals surface area contributed by atoms with E-state index in [4.69, 9.17) is 0 Å². The average molecular weight is 607 g/mol. The van der Waals surface area contributed by atoms with E-state index in [9.17, 15) is 40.6 Å². The van der Waals surface area contributed by atoms with Gasteiger partial charge in [-0.25, -0.2) is 18.9 Å². The summed E-state index contributed by atoms with van der Waals surface area (Å²) in [6, 6.07) is 13.7. The van der Waals surface area contributed by atoms with E-state index in [1.165, 1.54) is 41.3 Å². The molecular formula is C30H25F7N4O2. The molecule has 0 amide bonds. The molecule has 0 aliphatic carbocycles. The van der Waals surface area contributed by atoms with Crippen LogP contribution in [0.5, 0.6) is 0 Å². The monoisotopic (exact) mass is 606 g/mol. The van der Waals surface area contributed by atoms with Crippen LogP contribution in [0.3, 0.4) is 0 Å². The first-order valence-corrected chi connectivity index (χ1v) is 13.3. The van der Waals surface area contributed by atoms with Crippen molar-refractivity contribution in [3.63, 3.8) is 0 Å². The maximum atomic E-state index is 14.5. The van der Waals surface area contributed by atoms with Crippen LogP contribution >= 0.6 is 0 Å². The fourth-order valence-corrected chi connectivity index (χ4v) is 5.58. The minimum Gasteiger partial charge on any atom is -0.478 e. The van der Waals surface area contributed by atoms with Gasteiger partial charge in [0.15, 0.2) is 11.5 Å². The van der Waals surface area contributed by atoms with Gasteiger partial charge in [-0.3, -0.25) is 4.90 Å². The van der Waals surface area contributed by atoms with Crippen LogP contribution in [0.25, 0.3) is 28.2 Å². The lowest BCUT2D eigenvalue weighted by molar-refractivity contribution is -0.148. The van der Waals surface area contributed by atoms with Gasteiger partial charge in [0.1, 0.15) is 11.4 Å². The Morgan fingerprint density at radius 3 is 2.33 bits per heavy atom. The van der Waals surface area contributed by atoms with Crippen LogP contribution in [0.4, 0.5) is 30.7 Å². The maximum absolute atomic E-state index is 14.5. The van der Waals surface area contributed by atoms with Gasteiger partial charge in [-0.1, -0.05) is 30.3 Å². The van der Waals surface area contributed by atoms with Crippen LogP contribution in [0, 0.1) is 12.7 Å². The predicted molar refractivity (Wildman–Crippen MR) is 143 cm³/mol. The molecule has 1 N–H and O–H groups in total. The zero-order valence-corrected chi connectivity index (χ0v) is 22.7. The maximum Gasteiger partial charge on any atom is 0.434 e. The van der Waals surface area contributed by atoms with Crippen molar-refractivity contribution in [2.24, 2.45) is 0 Å².